The molecular formula is C18H11ClF3N3O2. The van der Waals surface area contributed by atoms with E-state index in [4.69, 9.17) is 11.6 Å². The van der Waals surface area contributed by atoms with E-state index in [1.54, 1.807) is 0 Å². The maximum atomic E-state index is 14.0. The highest BCUT2D eigenvalue weighted by Gasteiger charge is 2.19. The fourth-order valence-corrected chi connectivity index (χ4v) is 2.55. The zero-order valence-electron chi connectivity index (χ0n) is 13.8. The lowest BCUT2D eigenvalue weighted by Gasteiger charge is -2.12. The Morgan fingerprint density at radius 3 is 2.63 bits per heavy atom. The van der Waals surface area contributed by atoms with Crippen molar-refractivity contribution in [3.05, 3.63) is 86.6 Å². The summed E-state index contributed by atoms with van der Waals surface area (Å²) in [7, 11) is 0. The monoisotopic (exact) mass is 393 g/mol. The lowest BCUT2D eigenvalue weighted by atomic mass is 10.2. The van der Waals surface area contributed by atoms with Gasteiger partial charge >= 0.3 is 0 Å². The summed E-state index contributed by atoms with van der Waals surface area (Å²) in [6.07, 6.45) is 0. The van der Waals surface area contributed by atoms with E-state index in [9.17, 15) is 22.8 Å². The van der Waals surface area contributed by atoms with Crippen LogP contribution >= 0.6 is 11.6 Å². The molecule has 9 heteroatoms. The Kier molecular flexibility index (Phi) is 5.00. The first-order valence-electron chi connectivity index (χ1n) is 7.59. The number of carbonyl (C=O) groups is 1. The van der Waals surface area contributed by atoms with Crippen molar-refractivity contribution in [3.8, 4) is 5.69 Å². The van der Waals surface area contributed by atoms with Crippen LogP contribution < -0.4 is 10.7 Å². The van der Waals surface area contributed by atoms with Gasteiger partial charge in [0.2, 0.25) is 5.43 Å². The van der Waals surface area contributed by atoms with Gasteiger partial charge in [-0.2, -0.15) is 5.10 Å². The van der Waals surface area contributed by atoms with E-state index in [-0.39, 0.29) is 22.1 Å². The van der Waals surface area contributed by atoms with Gasteiger partial charge in [0.1, 0.15) is 17.3 Å². The molecule has 1 heterocycles. The van der Waals surface area contributed by atoms with Crippen LogP contribution in [0.15, 0.2) is 47.3 Å². The smallest absolute Gasteiger partial charge is 0.280 e. The number of nitrogens with zero attached hydrogens (tertiary/aromatic N) is 2. The number of aryl methyl sites for hydroxylation is 1. The number of rotatable bonds is 3. The van der Waals surface area contributed by atoms with Crippen LogP contribution in [0.3, 0.4) is 0 Å². The van der Waals surface area contributed by atoms with Gasteiger partial charge in [-0.25, -0.2) is 17.9 Å². The van der Waals surface area contributed by atoms with E-state index in [1.165, 1.54) is 25.1 Å². The summed E-state index contributed by atoms with van der Waals surface area (Å²) >= 11 is 5.65. The summed E-state index contributed by atoms with van der Waals surface area (Å²) in [6.45, 7) is 1.44. The SMILES string of the molecule is Cc1cc(=O)c(C(=O)Nc2cccc(Cl)c2F)nn1-c1cc(F)ccc1F. The number of aromatic nitrogens is 2. The Bertz CT molecular complexity index is 1120. The predicted molar refractivity (Wildman–Crippen MR) is 93.9 cm³/mol. The molecule has 0 saturated carbocycles. The second-order valence-electron chi connectivity index (χ2n) is 5.56. The Morgan fingerprint density at radius 1 is 1.15 bits per heavy atom. The number of benzene rings is 2. The molecule has 0 saturated heterocycles. The number of halogens is 4. The van der Waals surface area contributed by atoms with Gasteiger partial charge in [-0.05, 0) is 31.2 Å². The first-order chi connectivity index (χ1) is 12.8. The molecule has 0 fully saturated rings. The van der Waals surface area contributed by atoms with Crippen LogP contribution in [0.2, 0.25) is 5.02 Å². The normalized spacial score (nSPS) is 10.7. The molecule has 2 aromatic carbocycles. The Hall–Kier alpha value is -3.13. The van der Waals surface area contributed by atoms with Crippen LogP contribution in [0.5, 0.6) is 0 Å². The number of hydrogen-bond acceptors (Lipinski definition) is 3. The molecule has 0 atom stereocenters. The van der Waals surface area contributed by atoms with E-state index in [2.05, 4.69) is 10.4 Å². The molecule has 0 unspecified atom stereocenters. The van der Waals surface area contributed by atoms with Crippen LogP contribution in [-0.2, 0) is 0 Å². The summed E-state index contributed by atoms with van der Waals surface area (Å²) in [5.41, 5.74) is -1.74. The van der Waals surface area contributed by atoms with E-state index in [0.717, 1.165) is 28.9 Å². The van der Waals surface area contributed by atoms with Crippen molar-refractivity contribution < 1.29 is 18.0 Å². The number of anilines is 1. The number of hydrogen-bond donors (Lipinski definition) is 1. The predicted octanol–water partition coefficient (Wildman–Crippen LogP) is 3.86. The quantitative estimate of drug-likeness (QED) is 0.734. The molecular weight excluding hydrogens is 383 g/mol. The highest BCUT2D eigenvalue weighted by molar-refractivity contribution is 6.31. The van der Waals surface area contributed by atoms with E-state index in [1.807, 2.05) is 0 Å². The second kappa shape index (κ2) is 7.24. The average Bonchev–Trinajstić information content (AvgIpc) is 2.61. The molecule has 0 aliphatic rings. The van der Waals surface area contributed by atoms with E-state index < -0.39 is 34.5 Å². The summed E-state index contributed by atoms with van der Waals surface area (Å²) in [5.74, 6) is -3.43. The molecule has 0 bridgehead atoms. The topological polar surface area (TPSA) is 64.0 Å². The molecule has 138 valence electrons. The number of amides is 1. The van der Waals surface area contributed by atoms with Gasteiger partial charge in [0, 0.05) is 17.8 Å². The maximum absolute atomic E-state index is 14.0. The van der Waals surface area contributed by atoms with Gasteiger partial charge in [-0.15, -0.1) is 0 Å². The minimum Gasteiger partial charge on any atom is -0.318 e. The van der Waals surface area contributed by atoms with Gasteiger partial charge in [0.25, 0.3) is 5.91 Å². The molecule has 0 aliphatic carbocycles. The highest BCUT2D eigenvalue weighted by atomic mass is 35.5. The standard InChI is InChI=1S/C18H11ClF3N3O2/c1-9-7-15(26)17(18(27)23-13-4-2-3-11(19)16(13)22)24-25(9)14-8-10(20)5-6-12(14)21/h2-8H,1H3,(H,23,27). The van der Waals surface area contributed by atoms with Gasteiger partial charge in [0.15, 0.2) is 11.5 Å². The molecule has 0 aliphatic heterocycles. The Morgan fingerprint density at radius 2 is 1.89 bits per heavy atom. The molecule has 1 aromatic heterocycles. The summed E-state index contributed by atoms with van der Waals surface area (Å²) in [5, 5.41) is 5.79. The third-order valence-corrected chi connectivity index (χ3v) is 3.95. The van der Waals surface area contributed by atoms with Crippen molar-refractivity contribution in [2.75, 3.05) is 5.32 Å². The van der Waals surface area contributed by atoms with Crippen molar-refractivity contribution in [2.45, 2.75) is 6.92 Å². The molecule has 0 spiro atoms. The van der Waals surface area contributed by atoms with Gasteiger partial charge in [-0.1, -0.05) is 17.7 Å². The molecule has 1 N–H and O–H groups in total. The highest BCUT2D eigenvalue weighted by Crippen LogP contribution is 2.22. The maximum Gasteiger partial charge on any atom is 0.280 e. The van der Waals surface area contributed by atoms with Gasteiger partial charge in [-0.3, -0.25) is 9.59 Å². The van der Waals surface area contributed by atoms with Crippen molar-refractivity contribution in [1.29, 1.82) is 0 Å². The molecule has 3 rings (SSSR count). The summed E-state index contributed by atoms with van der Waals surface area (Å²) in [6, 6.07) is 7.67. The first kappa shape index (κ1) is 18.7. The van der Waals surface area contributed by atoms with Crippen molar-refractivity contribution in [1.82, 2.24) is 9.78 Å². The third-order valence-electron chi connectivity index (χ3n) is 3.66. The average molecular weight is 394 g/mol. The molecule has 0 radical (unpaired) electrons. The number of carbonyl (C=O) groups excluding carboxylic acids is 1. The molecule has 5 nitrogen and oxygen atoms in total. The zero-order chi connectivity index (χ0) is 19.7. The van der Waals surface area contributed by atoms with Crippen molar-refractivity contribution in [2.24, 2.45) is 0 Å². The van der Waals surface area contributed by atoms with Crippen LogP contribution in [0.4, 0.5) is 18.9 Å². The Labute approximate surface area is 156 Å². The fourth-order valence-electron chi connectivity index (χ4n) is 2.38. The largest absolute Gasteiger partial charge is 0.318 e. The molecule has 27 heavy (non-hydrogen) atoms. The zero-order valence-corrected chi connectivity index (χ0v) is 14.5. The lowest BCUT2D eigenvalue weighted by Crippen LogP contribution is -2.27. The van der Waals surface area contributed by atoms with E-state index in [0.29, 0.717) is 0 Å². The Balaban J connectivity index is 2.06. The van der Waals surface area contributed by atoms with E-state index >= 15 is 0 Å². The summed E-state index contributed by atoms with van der Waals surface area (Å²) < 4.78 is 42.4. The van der Waals surface area contributed by atoms with Gasteiger partial charge < -0.3 is 5.32 Å². The number of nitrogens with one attached hydrogen (secondary N) is 1. The van der Waals surface area contributed by atoms with Crippen LogP contribution in [0, 0.1) is 24.4 Å². The fraction of sp³-hybridized carbons (Fsp3) is 0.0556. The van der Waals surface area contributed by atoms with Crippen LogP contribution in [0.25, 0.3) is 5.69 Å². The molecule has 1 amide bonds. The minimum absolute atomic E-state index is 0.176. The van der Waals surface area contributed by atoms with Crippen molar-refractivity contribution in [3.63, 3.8) is 0 Å². The first-order valence-corrected chi connectivity index (χ1v) is 7.97. The minimum atomic E-state index is -1.02. The van der Waals surface area contributed by atoms with Gasteiger partial charge in [0.05, 0.1) is 10.7 Å². The van der Waals surface area contributed by atoms with Crippen LogP contribution in [-0.4, -0.2) is 15.7 Å². The van der Waals surface area contributed by atoms with Crippen LogP contribution in [0.1, 0.15) is 16.2 Å². The third kappa shape index (κ3) is 3.70. The lowest BCUT2D eigenvalue weighted by molar-refractivity contribution is 0.101. The second-order valence-corrected chi connectivity index (χ2v) is 5.97. The molecule has 3 aromatic rings. The summed E-state index contributed by atoms with van der Waals surface area (Å²) in [4.78, 5) is 24.5. The van der Waals surface area contributed by atoms with Crippen molar-refractivity contribution >= 4 is 23.2 Å².